The highest BCUT2D eigenvalue weighted by atomic mass is 19.4. The summed E-state index contributed by atoms with van der Waals surface area (Å²) in [5.41, 5.74) is -3.03. The number of halogens is 7. The summed E-state index contributed by atoms with van der Waals surface area (Å²) in [6.07, 6.45) is -10.00. The normalized spacial score (nSPS) is 15.9. The maximum atomic E-state index is 15.5. The minimum Gasteiger partial charge on any atom is -0.480 e. The number of carbonyl (C=O) groups is 2. The standard InChI is InChI=1S/C37H30F7N3O5/c1-19-15-21(47-13-14-52-18-29(47)36(39,40)41)17-26(38)30(19)33(48)45-27(35(50)51)16-20-7-5-10-23-22(20)9-6-11-24(23)31-32(37(42,43)44)25-8-3-4-12-28(25)46(2)34(31)49/h3-12,15,17,27,29H,13-14,16,18H2,1-2H3,(H,45,48)(H,50,51)/t27-,29+/m0/s1. The lowest BCUT2D eigenvalue weighted by Gasteiger charge is -2.38. The fraction of sp³-hybridized carbons (Fsp3) is 0.270. The van der Waals surface area contributed by atoms with Crippen molar-refractivity contribution in [2.75, 3.05) is 24.7 Å². The molecular weight excluding hydrogens is 699 g/mol. The SMILES string of the molecule is Cc1cc(N2CCOC[C@@H]2C(F)(F)F)cc(F)c1C(=O)N[C@@H](Cc1cccc2c(-c3c(C(F)(F)F)c4ccccc4n(C)c3=O)cccc12)C(=O)O. The number of hydrogen-bond acceptors (Lipinski definition) is 5. The highest BCUT2D eigenvalue weighted by Crippen LogP contribution is 2.42. The van der Waals surface area contributed by atoms with Crippen LogP contribution in [0.1, 0.15) is 27.0 Å². The number of para-hydroxylation sites is 1. The molecule has 5 aromatic rings. The third-order valence-corrected chi connectivity index (χ3v) is 9.23. The molecule has 0 saturated carbocycles. The molecule has 0 radical (unpaired) electrons. The van der Waals surface area contributed by atoms with E-state index in [1.165, 1.54) is 80.7 Å². The number of nitrogens with one attached hydrogen (secondary N) is 1. The zero-order chi connectivity index (χ0) is 37.7. The van der Waals surface area contributed by atoms with Gasteiger partial charge in [-0.15, -0.1) is 0 Å². The van der Waals surface area contributed by atoms with E-state index in [2.05, 4.69) is 5.32 Å². The third kappa shape index (κ3) is 6.67. The number of aliphatic carboxylic acids is 1. The van der Waals surface area contributed by atoms with Crippen molar-refractivity contribution in [1.82, 2.24) is 9.88 Å². The number of carboxylic acid groups (broad SMARTS) is 1. The number of anilines is 1. The van der Waals surface area contributed by atoms with Crippen molar-refractivity contribution in [3.8, 4) is 11.1 Å². The fourth-order valence-corrected chi connectivity index (χ4v) is 6.83. The summed E-state index contributed by atoms with van der Waals surface area (Å²) in [6.45, 7) is 0.423. The molecule has 2 N–H and O–H groups in total. The second-order valence-electron chi connectivity index (χ2n) is 12.5. The quantitative estimate of drug-likeness (QED) is 0.175. The highest BCUT2D eigenvalue weighted by molar-refractivity contribution is 6.02. The molecule has 1 aromatic heterocycles. The fourth-order valence-electron chi connectivity index (χ4n) is 6.83. The molecule has 0 aliphatic carbocycles. The first kappa shape index (κ1) is 36.4. The van der Waals surface area contributed by atoms with E-state index in [4.69, 9.17) is 4.74 Å². The number of nitrogens with zero attached hydrogens (tertiary/aromatic N) is 2. The molecule has 6 rings (SSSR count). The van der Waals surface area contributed by atoms with Crippen LogP contribution in [0.3, 0.4) is 0 Å². The van der Waals surface area contributed by atoms with E-state index in [0.717, 1.165) is 15.5 Å². The lowest BCUT2D eigenvalue weighted by molar-refractivity contribution is -0.167. The molecule has 1 amide bonds. The molecule has 4 aromatic carbocycles. The Hall–Kier alpha value is -5.44. The van der Waals surface area contributed by atoms with Crippen LogP contribution in [0.4, 0.5) is 36.4 Å². The van der Waals surface area contributed by atoms with Crippen LogP contribution in [0.25, 0.3) is 32.8 Å². The zero-order valence-corrected chi connectivity index (χ0v) is 27.5. The molecule has 0 spiro atoms. The van der Waals surface area contributed by atoms with Crippen molar-refractivity contribution in [1.29, 1.82) is 0 Å². The van der Waals surface area contributed by atoms with Crippen LogP contribution in [0.15, 0.2) is 77.6 Å². The number of carbonyl (C=O) groups excluding carboxylic acids is 1. The molecule has 1 aliphatic rings. The Labute approximate surface area is 291 Å². The van der Waals surface area contributed by atoms with Gasteiger partial charge in [0.2, 0.25) is 0 Å². The Balaban J connectivity index is 1.36. The topological polar surface area (TPSA) is 101 Å². The summed E-state index contributed by atoms with van der Waals surface area (Å²) in [5, 5.41) is 12.7. The van der Waals surface area contributed by atoms with Gasteiger partial charge in [0.05, 0.1) is 35.4 Å². The molecule has 52 heavy (non-hydrogen) atoms. The third-order valence-electron chi connectivity index (χ3n) is 9.23. The number of ether oxygens (including phenoxy) is 1. The van der Waals surface area contributed by atoms with Gasteiger partial charge in [0.25, 0.3) is 11.5 Å². The second kappa shape index (κ2) is 13.6. The first-order chi connectivity index (χ1) is 24.5. The predicted octanol–water partition coefficient (Wildman–Crippen LogP) is 7.02. The number of benzene rings is 4. The van der Waals surface area contributed by atoms with Crippen LogP contribution in [-0.2, 0) is 29.2 Å². The maximum absolute atomic E-state index is 15.5. The van der Waals surface area contributed by atoms with Crippen molar-refractivity contribution in [2.24, 2.45) is 7.05 Å². The smallest absolute Gasteiger partial charge is 0.417 e. The molecule has 15 heteroatoms. The molecule has 1 fully saturated rings. The van der Waals surface area contributed by atoms with Crippen LogP contribution in [0.2, 0.25) is 0 Å². The number of amides is 1. The van der Waals surface area contributed by atoms with E-state index < -0.39 is 77.4 Å². The van der Waals surface area contributed by atoms with E-state index >= 15 is 4.39 Å². The average molecular weight is 730 g/mol. The molecule has 0 unspecified atom stereocenters. The summed E-state index contributed by atoms with van der Waals surface area (Å²) in [6, 6.07) is 12.7. The van der Waals surface area contributed by atoms with Crippen molar-refractivity contribution in [3.63, 3.8) is 0 Å². The first-order valence-electron chi connectivity index (χ1n) is 15.9. The second-order valence-corrected chi connectivity index (χ2v) is 12.5. The number of rotatable bonds is 7. The van der Waals surface area contributed by atoms with Crippen molar-refractivity contribution < 1.29 is 50.2 Å². The van der Waals surface area contributed by atoms with Crippen molar-refractivity contribution >= 4 is 39.2 Å². The Kier molecular flexibility index (Phi) is 9.51. The Morgan fingerprint density at radius 1 is 0.962 bits per heavy atom. The number of aromatic nitrogens is 1. The molecular formula is C37H30F7N3O5. The summed E-state index contributed by atoms with van der Waals surface area (Å²) < 4.78 is 107. The van der Waals surface area contributed by atoms with E-state index in [9.17, 15) is 45.8 Å². The summed E-state index contributed by atoms with van der Waals surface area (Å²) >= 11 is 0. The van der Waals surface area contributed by atoms with E-state index in [1.807, 2.05) is 0 Å². The van der Waals surface area contributed by atoms with Crippen LogP contribution >= 0.6 is 0 Å². The van der Waals surface area contributed by atoms with Gasteiger partial charge >= 0.3 is 18.3 Å². The first-order valence-corrected chi connectivity index (χ1v) is 15.9. The monoisotopic (exact) mass is 729 g/mol. The van der Waals surface area contributed by atoms with Gasteiger partial charge in [-0.3, -0.25) is 9.59 Å². The Morgan fingerprint density at radius 2 is 1.63 bits per heavy atom. The van der Waals surface area contributed by atoms with Gasteiger partial charge in [-0.05, 0) is 52.6 Å². The van der Waals surface area contributed by atoms with Gasteiger partial charge in [-0.25, -0.2) is 9.18 Å². The van der Waals surface area contributed by atoms with Crippen molar-refractivity contribution in [2.45, 2.75) is 37.8 Å². The van der Waals surface area contributed by atoms with Gasteiger partial charge in [-0.2, -0.15) is 26.3 Å². The predicted molar refractivity (Wildman–Crippen MR) is 179 cm³/mol. The molecule has 2 heterocycles. The summed E-state index contributed by atoms with van der Waals surface area (Å²) in [4.78, 5) is 40.3. The van der Waals surface area contributed by atoms with Gasteiger partial charge in [-0.1, -0.05) is 54.6 Å². The molecule has 1 aliphatic heterocycles. The minimum absolute atomic E-state index is 0.0339. The molecule has 1 saturated heterocycles. The van der Waals surface area contributed by atoms with Crippen LogP contribution in [0, 0.1) is 12.7 Å². The maximum Gasteiger partial charge on any atom is 0.417 e. The van der Waals surface area contributed by atoms with E-state index in [1.54, 1.807) is 0 Å². The number of pyridine rings is 1. The van der Waals surface area contributed by atoms with Crippen LogP contribution < -0.4 is 15.8 Å². The molecule has 2 atom stereocenters. The van der Waals surface area contributed by atoms with Gasteiger partial charge < -0.3 is 24.6 Å². The average Bonchev–Trinajstić information content (AvgIpc) is 3.08. The van der Waals surface area contributed by atoms with Gasteiger partial charge in [0.15, 0.2) is 0 Å². The Morgan fingerprint density at radius 3 is 2.31 bits per heavy atom. The van der Waals surface area contributed by atoms with Crippen LogP contribution in [0.5, 0.6) is 0 Å². The van der Waals surface area contributed by atoms with Gasteiger partial charge in [0.1, 0.15) is 17.9 Å². The number of fused-ring (bicyclic) bond motifs is 2. The number of morpholine rings is 1. The van der Waals surface area contributed by atoms with Crippen LogP contribution in [-0.4, -0.2) is 59.6 Å². The van der Waals surface area contributed by atoms with Gasteiger partial charge in [0, 0.05) is 31.1 Å². The zero-order valence-electron chi connectivity index (χ0n) is 27.5. The molecule has 8 nitrogen and oxygen atoms in total. The summed E-state index contributed by atoms with van der Waals surface area (Å²) in [5.74, 6) is -3.82. The molecule has 0 bridgehead atoms. The largest absolute Gasteiger partial charge is 0.480 e. The number of alkyl halides is 6. The lowest BCUT2D eigenvalue weighted by Crippen LogP contribution is -2.53. The number of hydrogen-bond donors (Lipinski definition) is 2. The van der Waals surface area contributed by atoms with Crippen molar-refractivity contribution in [3.05, 3.63) is 111 Å². The number of aryl methyl sites for hydroxylation is 2. The Bertz CT molecular complexity index is 2260. The van der Waals surface area contributed by atoms with E-state index in [-0.39, 0.29) is 51.8 Å². The number of carboxylic acids is 1. The lowest BCUT2D eigenvalue weighted by atomic mass is 9.90. The van der Waals surface area contributed by atoms with E-state index in [0.29, 0.717) is 5.39 Å². The highest BCUT2D eigenvalue weighted by Gasteiger charge is 2.46. The molecule has 272 valence electrons. The minimum atomic E-state index is -4.92. The summed E-state index contributed by atoms with van der Waals surface area (Å²) in [7, 11) is 1.37.